The Morgan fingerprint density at radius 3 is 2.52 bits per heavy atom. The lowest BCUT2D eigenvalue weighted by Crippen LogP contribution is -2.36. The molecule has 1 aromatic heterocycles. The maximum absolute atomic E-state index is 12.5. The summed E-state index contributed by atoms with van der Waals surface area (Å²) in [4.78, 5) is 17.5. The predicted octanol–water partition coefficient (Wildman–Crippen LogP) is 3.80. The highest BCUT2D eigenvalue weighted by molar-refractivity contribution is 5.82. The van der Waals surface area contributed by atoms with Crippen LogP contribution in [-0.4, -0.2) is 37.0 Å². The molecule has 5 nitrogen and oxygen atoms in total. The minimum absolute atomic E-state index is 0.194. The Hall–Kier alpha value is -2.27. The fraction of sp³-hybridized carbons (Fsp3) is 0.542. The van der Waals surface area contributed by atoms with Gasteiger partial charge < -0.3 is 14.6 Å². The number of carbonyl (C=O) groups is 1. The van der Waals surface area contributed by atoms with Gasteiger partial charge in [0.05, 0.1) is 12.8 Å². The Morgan fingerprint density at radius 2 is 1.83 bits per heavy atom. The van der Waals surface area contributed by atoms with Crippen molar-refractivity contribution in [3.05, 3.63) is 54.0 Å². The molecule has 2 saturated heterocycles. The average molecular weight is 394 g/mol. The summed E-state index contributed by atoms with van der Waals surface area (Å²) < 4.78 is 5.30. The number of benzene rings is 1. The lowest BCUT2D eigenvalue weighted by Gasteiger charge is -2.33. The molecule has 1 amide bonds. The van der Waals surface area contributed by atoms with E-state index in [0.29, 0.717) is 6.54 Å². The number of piperidine rings is 1. The zero-order valence-corrected chi connectivity index (χ0v) is 17.1. The molecule has 3 heterocycles. The van der Waals surface area contributed by atoms with Crippen molar-refractivity contribution in [1.29, 1.82) is 0 Å². The first-order valence-electron chi connectivity index (χ1n) is 11.1. The van der Waals surface area contributed by atoms with Crippen molar-refractivity contribution in [2.45, 2.75) is 45.2 Å². The summed E-state index contributed by atoms with van der Waals surface area (Å²) in [5, 5.41) is 3.05. The van der Waals surface area contributed by atoms with Crippen LogP contribution in [0.1, 0.15) is 43.4 Å². The van der Waals surface area contributed by atoms with Gasteiger partial charge in [0, 0.05) is 31.2 Å². The maximum atomic E-state index is 12.5. The quantitative estimate of drug-likeness (QED) is 0.811. The number of nitrogens with zero attached hydrogens (tertiary/aromatic N) is 2. The first kappa shape index (κ1) is 18.7. The Kier molecular flexibility index (Phi) is 5.08. The Bertz CT molecular complexity index is 816. The standard InChI is InChI=1S/C24H31N3O2/c28-23(25-17-21-4-3-15-29-21)22-16-24(22)9-13-26(14-10-24)18-19-5-7-20(8-6-19)27-11-1-2-12-27/h3-8,15,22H,1-2,9-14,16-18H2,(H,25,28). The smallest absolute Gasteiger partial charge is 0.224 e. The van der Waals surface area contributed by atoms with Gasteiger partial charge in [-0.3, -0.25) is 9.69 Å². The minimum Gasteiger partial charge on any atom is -0.467 e. The number of carbonyl (C=O) groups excluding carboxylic acids is 1. The van der Waals surface area contributed by atoms with Crippen LogP contribution in [-0.2, 0) is 17.9 Å². The SMILES string of the molecule is O=C(NCc1ccco1)C1CC12CCN(Cc1ccc(N3CCCC3)cc1)CC2. The van der Waals surface area contributed by atoms with Crippen LogP contribution in [0.4, 0.5) is 5.69 Å². The summed E-state index contributed by atoms with van der Waals surface area (Å²) in [6, 6.07) is 12.9. The number of anilines is 1. The number of rotatable bonds is 6. The third-order valence-corrected chi connectivity index (χ3v) is 7.19. The number of likely N-dealkylation sites (tertiary alicyclic amines) is 1. The first-order valence-corrected chi connectivity index (χ1v) is 11.1. The highest BCUT2D eigenvalue weighted by Crippen LogP contribution is 2.59. The van der Waals surface area contributed by atoms with Crippen molar-refractivity contribution < 1.29 is 9.21 Å². The molecule has 5 rings (SSSR count). The molecule has 1 aromatic carbocycles. The number of hydrogen-bond acceptors (Lipinski definition) is 4. The van der Waals surface area contributed by atoms with Gasteiger partial charge in [-0.2, -0.15) is 0 Å². The fourth-order valence-electron chi connectivity index (χ4n) is 5.18. The summed E-state index contributed by atoms with van der Waals surface area (Å²) >= 11 is 0. The van der Waals surface area contributed by atoms with E-state index in [0.717, 1.165) is 44.7 Å². The fourth-order valence-corrected chi connectivity index (χ4v) is 5.18. The van der Waals surface area contributed by atoms with E-state index >= 15 is 0 Å². The Morgan fingerprint density at radius 1 is 1.07 bits per heavy atom. The molecule has 0 radical (unpaired) electrons. The van der Waals surface area contributed by atoms with Gasteiger partial charge in [-0.25, -0.2) is 0 Å². The number of nitrogens with one attached hydrogen (secondary N) is 1. The molecule has 3 fully saturated rings. The highest BCUT2D eigenvalue weighted by Gasteiger charge is 2.58. The second kappa shape index (κ2) is 7.86. The van der Waals surface area contributed by atoms with Crippen molar-refractivity contribution in [3.8, 4) is 0 Å². The van der Waals surface area contributed by atoms with Gasteiger partial charge in [0.1, 0.15) is 5.76 Å². The van der Waals surface area contributed by atoms with E-state index in [1.54, 1.807) is 6.26 Å². The molecule has 2 aromatic rings. The highest BCUT2D eigenvalue weighted by atomic mass is 16.3. The monoisotopic (exact) mass is 393 g/mol. The molecule has 29 heavy (non-hydrogen) atoms. The molecule has 1 spiro atoms. The van der Waals surface area contributed by atoms with Crippen LogP contribution in [0.5, 0.6) is 0 Å². The molecule has 154 valence electrons. The minimum atomic E-state index is 0.194. The molecule has 1 saturated carbocycles. The molecule has 0 bridgehead atoms. The van der Waals surface area contributed by atoms with E-state index in [9.17, 15) is 4.79 Å². The van der Waals surface area contributed by atoms with Crippen molar-refractivity contribution in [1.82, 2.24) is 10.2 Å². The van der Waals surface area contributed by atoms with Crippen molar-refractivity contribution in [2.75, 3.05) is 31.1 Å². The van der Waals surface area contributed by atoms with Gasteiger partial charge in [0.2, 0.25) is 5.91 Å². The molecular formula is C24H31N3O2. The van der Waals surface area contributed by atoms with Crippen LogP contribution >= 0.6 is 0 Å². The van der Waals surface area contributed by atoms with E-state index in [-0.39, 0.29) is 17.2 Å². The third-order valence-electron chi connectivity index (χ3n) is 7.19. The van der Waals surface area contributed by atoms with Gasteiger partial charge in [0.25, 0.3) is 0 Å². The van der Waals surface area contributed by atoms with E-state index in [2.05, 4.69) is 39.4 Å². The summed E-state index contributed by atoms with van der Waals surface area (Å²) in [5.41, 5.74) is 3.02. The molecule has 2 aliphatic heterocycles. The van der Waals surface area contributed by atoms with Crippen LogP contribution in [0.15, 0.2) is 47.1 Å². The van der Waals surface area contributed by atoms with E-state index < -0.39 is 0 Å². The molecule has 5 heteroatoms. The number of amides is 1. The van der Waals surface area contributed by atoms with Gasteiger partial charge >= 0.3 is 0 Å². The molecular weight excluding hydrogens is 362 g/mol. The molecule has 1 atom stereocenters. The zero-order valence-electron chi connectivity index (χ0n) is 17.1. The van der Waals surface area contributed by atoms with Crippen LogP contribution in [0.25, 0.3) is 0 Å². The predicted molar refractivity (Wildman–Crippen MR) is 113 cm³/mol. The third kappa shape index (κ3) is 4.06. The van der Waals surface area contributed by atoms with Crippen molar-refractivity contribution in [3.63, 3.8) is 0 Å². The van der Waals surface area contributed by atoms with Gasteiger partial charge in [-0.1, -0.05) is 12.1 Å². The molecule has 1 aliphatic carbocycles. The van der Waals surface area contributed by atoms with Gasteiger partial charge in [0.15, 0.2) is 0 Å². The second-order valence-electron chi connectivity index (χ2n) is 9.05. The summed E-state index contributed by atoms with van der Waals surface area (Å²) in [6.45, 7) is 6.10. The summed E-state index contributed by atoms with van der Waals surface area (Å²) in [5.74, 6) is 1.21. The lowest BCUT2D eigenvalue weighted by atomic mass is 9.90. The van der Waals surface area contributed by atoms with Crippen LogP contribution in [0.2, 0.25) is 0 Å². The summed E-state index contributed by atoms with van der Waals surface area (Å²) in [6.07, 6.45) is 7.61. The van der Waals surface area contributed by atoms with Crippen LogP contribution in [0, 0.1) is 11.3 Å². The van der Waals surface area contributed by atoms with Gasteiger partial charge in [-0.15, -0.1) is 0 Å². The number of hydrogen-bond donors (Lipinski definition) is 1. The molecule has 3 aliphatic rings. The largest absolute Gasteiger partial charge is 0.467 e. The number of furan rings is 1. The van der Waals surface area contributed by atoms with Crippen molar-refractivity contribution >= 4 is 11.6 Å². The van der Waals surface area contributed by atoms with Gasteiger partial charge in [-0.05, 0) is 80.4 Å². The topological polar surface area (TPSA) is 48.7 Å². The van der Waals surface area contributed by atoms with Crippen molar-refractivity contribution in [2.24, 2.45) is 11.3 Å². The summed E-state index contributed by atoms with van der Waals surface area (Å²) in [7, 11) is 0. The van der Waals surface area contributed by atoms with E-state index in [1.165, 1.54) is 37.2 Å². The second-order valence-corrected chi connectivity index (χ2v) is 9.05. The lowest BCUT2D eigenvalue weighted by molar-refractivity contribution is -0.123. The normalized spacial score (nSPS) is 23.4. The molecule has 1 N–H and O–H groups in total. The zero-order chi connectivity index (χ0) is 19.7. The first-order chi connectivity index (χ1) is 14.2. The van der Waals surface area contributed by atoms with E-state index in [4.69, 9.17) is 4.42 Å². The Balaban J connectivity index is 1.08. The molecule has 1 unspecified atom stereocenters. The Labute approximate surface area is 173 Å². The van der Waals surface area contributed by atoms with Crippen LogP contribution in [0.3, 0.4) is 0 Å². The van der Waals surface area contributed by atoms with Crippen LogP contribution < -0.4 is 10.2 Å². The average Bonchev–Trinajstić information content (AvgIpc) is 3.17. The van der Waals surface area contributed by atoms with E-state index in [1.807, 2.05) is 12.1 Å². The maximum Gasteiger partial charge on any atom is 0.224 e.